The van der Waals surface area contributed by atoms with Gasteiger partial charge >= 0.3 is 0 Å². The molecule has 1 fully saturated rings. The summed E-state index contributed by atoms with van der Waals surface area (Å²) in [6.07, 6.45) is 2.00. The van der Waals surface area contributed by atoms with E-state index >= 15 is 0 Å². The van der Waals surface area contributed by atoms with E-state index in [1.165, 1.54) is 23.5 Å². The van der Waals surface area contributed by atoms with Gasteiger partial charge in [-0.2, -0.15) is 0 Å². The van der Waals surface area contributed by atoms with Gasteiger partial charge in [0.2, 0.25) is 5.88 Å². The van der Waals surface area contributed by atoms with Crippen LogP contribution < -0.4 is 9.47 Å². The first kappa shape index (κ1) is 21.9. The summed E-state index contributed by atoms with van der Waals surface area (Å²) < 4.78 is 53.9. The average molecular weight is 473 g/mol. The van der Waals surface area contributed by atoms with Gasteiger partial charge in [-0.15, -0.1) is 11.3 Å². The summed E-state index contributed by atoms with van der Waals surface area (Å²) in [7, 11) is 0. The van der Waals surface area contributed by atoms with Crippen LogP contribution in [-0.2, 0) is 0 Å². The Hall–Kier alpha value is -2.94. The molecule has 2 aromatic heterocycles. The van der Waals surface area contributed by atoms with Gasteiger partial charge in [-0.25, -0.2) is 28.1 Å². The molecule has 0 amide bonds. The molecule has 0 unspecified atom stereocenters. The van der Waals surface area contributed by atoms with Crippen molar-refractivity contribution in [2.45, 2.75) is 45.1 Å². The van der Waals surface area contributed by atoms with E-state index in [0.717, 1.165) is 11.1 Å². The summed E-state index contributed by atoms with van der Waals surface area (Å²) >= 11 is 1.36. The maximum atomic E-state index is 14.7. The second kappa shape index (κ2) is 8.44. The van der Waals surface area contributed by atoms with Crippen LogP contribution in [0.15, 0.2) is 30.5 Å². The molecule has 33 heavy (non-hydrogen) atoms. The maximum Gasteiger partial charge on any atom is 0.251 e. The number of ether oxygens (including phenoxy) is 2. The minimum atomic E-state index is -2.80. The van der Waals surface area contributed by atoms with Crippen LogP contribution in [0, 0.1) is 19.2 Å². The minimum Gasteiger partial charge on any atom is -0.487 e. The lowest BCUT2D eigenvalue weighted by molar-refractivity contribution is -0.0554. The number of thiazole rings is 1. The lowest BCUT2D eigenvalue weighted by Gasteiger charge is -2.29. The minimum absolute atomic E-state index is 0.0492. The summed E-state index contributed by atoms with van der Waals surface area (Å²) in [5.41, 5.74) is 3.57. The Kier molecular flexibility index (Phi) is 5.60. The van der Waals surface area contributed by atoms with Gasteiger partial charge in [-0.1, -0.05) is 0 Å². The summed E-state index contributed by atoms with van der Waals surface area (Å²) in [4.78, 5) is 13.6. The van der Waals surface area contributed by atoms with Crippen molar-refractivity contribution in [2.24, 2.45) is 0 Å². The Bertz CT molecular complexity index is 1340. The van der Waals surface area contributed by atoms with Crippen LogP contribution >= 0.6 is 11.3 Å². The van der Waals surface area contributed by atoms with Crippen LogP contribution in [0.5, 0.6) is 11.6 Å². The molecule has 1 radical (unpaired) electrons. The molecule has 0 spiro atoms. The second-order valence-electron chi connectivity index (χ2n) is 8.08. The fourth-order valence-corrected chi connectivity index (χ4v) is 4.97. The van der Waals surface area contributed by atoms with Gasteiger partial charge in [0.15, 0.2) is 11.6 Å². The fraction of sp³-hybridized carbons (Fsp3) is 0.333. The predicted octanol–water partition coefficient (Wildman–Crippen LogP) is 6.52. The van der Waals surface area contributed by atoms with Gasteiger partial charge in [0.1, 0.15) is 11.1 Å². The third-order valence-electron chi connectivity index (χ3n) is 5.45. The van der Waals surface area contributed by atoms with Gasteiger partial charge in [-0.3, -0.25) is 0 Å². The van der Waals surface area contributed by atoms with Crippen molar-refractivity contribution in [3.05, 3.63) is 48.3 Å². The van der Waals surface area contributed by atoms with Crippen molar-refractivity contribution in [3.8, 4) is 22.2 Å². The number of fused-ring (bicyclic) bond motifs is 2. The fourth-order valence-electron chi connectivity index (χ4n) is 3.98. The van der Waals surface area contributed by atoms with Gasteiger partial charge in [-0.05, 0) is 38.0 Å². The van der Waals surface area contributed by atoms with Crippen molar-refractivity contribution in [2.75, 3.05) is 6.61 Å². The second-order valence-corrected chi connectivity index (χ2v) is 9.11. The number of hydrogen-bond acceptors (Lipinski definition) is 6. The third kappa shape index (κ3) is 4.46. The first-order valence-corrected chi connectivity index (χ1v) is 11.5. The zero-order chi connectivity index (χ0) is 23.2. The van der Waals surface area contributed by atoms with Crippen molar-refractivity contribution in [1.82, 2.24) is 15.0 Å². The molecular formula is C24H21F3N3O2S. The van der Waals surface area contributed by atoms with Gasteiger partial charge in [0.05, 0.1) is 34.1 Å². The first-order chi connectivity index (χ1) is 15.8. The predicted molar refractivity (Wildman–Crippen MR) is 122 cm³/mol. The van der Waals surface area contributed by atoms with E-state index in [-0.39, 0.29) is 18.6 Å². The quantitative estimate of drug-likeness (QED) is 0.331. The highest BCUT2D eigenvalue weighted by Crippen LogP contribution is 2.39. The molecule has 1 saturated carbocycles. The molecule has 2 heterocycles. The van der Waals surface area contributed by atoms with Gasteiger partial charge in [0.25, 0.3) is 5.92 Å². The Morgan fingerprint density at radius 3 is 2.79 bits per heavy atom. The Labute approximate surface area is 192 Å². The summed E-state index contributed by atoms with van der Waals surface area (Å²) in [6, 6.07) is 6.69. The van der Waals surface area contributed by atoms with E-state index in [1.54, 1.807) is 12.6 Å². The molecule has 1 atom stereocenters. The average Bonchev–Trinajstić information content (AvgIpc) is 3.15. The number of rotatable bonds is 5. The lowest BCUT2D eigenvalue weighted by atomic mass is 9.94. The van der Waals surface area contributed by atoms with E-state index in [0.29, 0.717) is 38.7 Å². The van der Waals surface area contributed by atoms with Gasteiger partial charge in [0, 0.05) is 37.0 Å². The van der Waals surface area contributed by atoms with Crippen molar-refractivity contribution in [1.29, 1.82) is 0 Å². The van der Waals surface area contributed by atoms with Crippen LogP contribution in [0.3, 0.4) is 0 Å². The molecule has 0 saturated heterocycles. The van der Waals surface area contributed by atoms with Crippen molar-refractivity contribution in [3.63, 3.8) is 0 Å². The number of hydrogen-bond donors (Lipinski definition) is 0. The Morgan fingerprint density at radius 2 is 2.00 bits per heavy atom. The highest BCUT2D eigenvalue weighted by Gasteiger charge is 2.37. The zero-order valence-electron chi connectivity index (χ0n) is 18.1. The van der Waals surface area contributed by atoms with E-state index in [2.05, 4.69) is 15.0 Å². The SMILES string of the molecule is CCOc1cnc2c(-c3nc4cc(F)c(O[C@H]5[CH]CCC(F)(F)C5)cc4s3)cc(C)cc2n1. The summed E-state index contributed by atoms with van der Waals surface area (Å²) in [5, 5.41) is 0.657. The molecule has 9 heteroatoms. The number of benzene rings is 2. The molecule has 1 aliphatic carbocycles. The number of alkyl halides is 2. The highest BCUT2D eigenvalue weighted by molar-refractivity contribution is 7.21. The summed E-state index contributed by atoms with van der Waals surface area (Å²) in [5.74, 6) is -3.03. The Morgan fingerprint density at radius 1 is 1.15 bits per heavy atom. The number of aromatic nitrogens is 3. The van der Waals surface area contributed by atoms with E-state index < -0.39 is 24.3 Å². The molecule has 2 aromatic carbocycles. The standard InChI is InChI=1S/C24H21F3N3O2S/c1-3-31-21-12-28-22-15(7-13(2)8-18(22)29-21)23-30-17-9-16(25)19(10-20(17)33-23)32-14-5-4-6-24(26,27)11-14/h5,7-10,12,14H,3-4,6,11H2,1-2H3/t14-/m0/s1. The normalized spacial score (nSPS) is 18.0. The van der Waals surface area contributed by atoms with Crippen molar-refractivity contribution < 1.29 is 22.6 Å². The molecule has 1 aliphatic rings. The van der Waals surface area contributed by atoms with Crippen molar-refractivity contribution >= 4 is 32.6 Å². The monoisotopic (exact) mass is 472 g/mol. The zero-order valence-corrected chi connectivity index (χ0v) is 18.9. The maximum absolute atomic E-state index is 14.7. The van der Waals surface area contributed by atoms with Crippen LogP contribution in [0.4, 0.5) is 13.2 Å². The molecule has 5 nitrogen and oxygen atoms in total. The Balaban J connectivity index is 1.52. The third-order valence-corrected chi connectivity index (χ3v) is 6.50. The number of nitrogens with zero attached hydrogens (tertiary/aromatic N) is 3. The van der Waals surface area contributed by atoms with Crippen LogP contribution in [0.25, 0.3) is 31.8 Å². The molecular weight excluding hydrogens is 451 g/mol. The van der Waals surface area contributed by atoms with E-state index in [4.69, 9.17) is 9.47 Å². The largest absolute Gasteiger partial charge is 0.487 e. The molecule has 0 aliphatic heterocycles. The summed E-state index contributed by atoms with van der Waals surface area (Å²) in [6.45, 7) is 4.32. The molecule has 4 aromatic rings. The lowest BCUT2D eigenvalue weighted by Crippen LogP contribution is -2.33. The van der Waals surface area contributed by atoms with Crippen LogP contribution in [-0.4, -0.2) is 33.6 Å². The molecule has 0 bridgehead atoms. The highest BCUT2D eigenvalue weighted by atomic mass is 32.1. The van der Waals surface area contributed by atoms with Gasteiger partial charge < -0.3 is 9.47 Å². The smallest absolute Gasteiger partial charge is 0.251 e. The molecule has 5 rings (SSSR count). The molecule has 171 valence electrons. The first-order valence-electron chi connectivity index (χ1n) is 10.7. The van der Waals surface area contributed by atoms with E-state index in [9.17, 15) is 13.2 Å². The van der Waals surface area contributed by atoms with E-state index in [1.807, 2.05) is 26.0 Å². The van der Waals surface area contributed by atoms with Crippen LogP contribution in [0.2, 0.25) is 0 Å². The molecule has 0 N–H and O–H groups in total. The number of halogens is 3. The van der Waals surface area contributed by atoms with Crippen LogP contribution in [0.1, 0.15) is 31.7 Å². The number of aryl methyl sites for hydroxylation is 1. The topological polar surface area (TPSA) is 57.1 Å².